The Labute approximate surface area is 126 Å². The van der Waals surface area contributed by atoms with Gasteiger partial charge in [0, 0.05) is 10.2 Å². The average molecular weight is 355 g/mol. The van der Waals surface area contributed by atoms with Crippen LogP contribution in [0.3, 0.4) is 0 Å². The van der Waals surface area contributed by atoms with Crippen molar-refractivity contribution in [3.63, 3.8) is 0 Å². The maximum atomic E-state index is 13.3. The maximum Gasteiger partial charge on any atom is 0.338 e. The number of nitrogens with one attached hydrogen (secondary N) is 1. The van der Waals surface area contributed by atoms with Gasteiger partial charge in [0.25, 0.3) is 5.69 Å². The lowest BCUT2D eigenvalue weighted by molar-refractivity contribution is -0.384. The van der Waals surface area contributed by atoms with Crippen LogP contribution in [0.4, 0.5) is 21.5 Å². The number of anilines is 2. The molecule has 0 aliphatic carbocycles. The third-order valence-electron chi connectivity index (χ3n) is 2.62. The van der Waals surface area contributed by atoms with Crippen LogP contribution in [0.2, 0.25) is 0 Å². The van der Waals surface area contributed by atoms with Crippen molar-refractivity contribution >= 4 is 39.0 Å². The van der Waals surface area contributed by atoms with E-state index in [4.69, 9.17) is 5.11 Å². The van der Waals surface area contributed by atoms with E-state index in [1.54, 1.807) is 24.3 Å². The third kappa shape index (κ3) is 3.34. The molecule has 0 amide bonds. The van der Waals surface area contributed by atoms with E-state index in [0.29, 0.717) is 11.8 Å². The molecule has 108 valence electrons. The highest BCUT2D eigenvalue weighted by Crippen LogP contribution is 2.32. The minimum atomic E-state index is -1.46. The first-order valence-electron chi connectivity index (χ1n) is 5.62. The van der Waals surface area contributed by atoms with Gasteiger partial charge in [-0.25, -0.2) is 9.18 Å². The van der Waals surface area contributed by atoms with E-state index in [2.05, 4.69) is 21.2 Å². The highest BCUT2D eigenvalue weighted by Gasteiger charge is 2.24. The molecular weight excluding hydrogens is 347 g/mol. The Morgan fingerprint density at radius 1 is 1.29 bits per heavy atom. The van der Waals surface area contributed by atoms with Gasteiger partial charge in [-0.3, -0.25) is 10.1 Å². The molecule has 21 heavy (non-hydrogen) atoms. The Morgan fingerprint density at radius 2 is 1.90 bits per heavy atom. The third-order valence-corrected chi connectivity index (χ3v) is 3.15. The van der Waals surface area contributed by atoms with E-state index in [9.17, 15) is 19.3 Å². The minimum Gasteiger partial charge on any atom is -0.478 e. The van der Waals surface area contributed by atoms with Crippen molar-refractivity contribution < 1.29 is 19.2 Å². The van der Waals surface area contributed by atoms with Gasteiger partial charge in [-0.05, 0) is 30.3 Å². The molecule has 2 aromatic carbocycles. The van der Waals surface area contributed by atoms with Crippen molar-refractivity contribution in [2.75, 3.05) is 5.32 Å². The Bertz CT molecular complexity index is 684. The summed E-state index contributed by atoms with van der Waals surface area (Å²) in [6.45, 7) is 0. The maximum absolute atomic E-state index is 13.3. The standard InChI is InChI=1S/C13H8BrFN2O4/c14-7-1-3-9(4-2-7)16-12-10(13(18)19)5-8(15)6-11(12)17(20)21/h1-6,16H,(H,18,19). The van der Waals surface area contributed by atoms with E-state index in [1.165, 1.54) is 0 Å². The molecule has 0 aromatic heterocycles. The molecule has 6 nitrogen and oxygen atoms in total. The van der Waals surface area contributed by atoms with Gasteiger partial charge in [-0.2, -0.15) is 0 Å². The summed E-state index contributed by atoms with van der Waals surface area (Å²) in [7, 11) is 0. The number of nitro groups is 1. The lowest BCUT2D eigenvalue weighted by atomic mass is 10.1. The van der Waals surface area contributed by atoms with Crippen LogP contribution in [-0.4, -0.2) is 16.0 Å². The molecule has 0 radical (unpaired) electrons. The first kappa shape index (κ1) is 14.9. The summed E-state index contributed by atoms with van der Waals surface area (Å²) in [5.41, 5.74) is -0.980. The number of hydrogen-bond donors (Lipinski definition) is 2. The Balaban J connectivity index is 2.56. The fourth-order valence-corrected chi connectivity index (χ4v) is 1.98. The van der Waals surface area contributed by atoms with Crippen LogP contribution in [0, 0.1) is 15.9 Å². The van der Waals surface area contributed by atoms with Gasteiger partial charge in [0.2, 0.25) is 0 Å². The number of carbonyl (C=O) groups is 1. The van der Waals surface area contributed by atoms with Gasteiger partial charge in [-0.15, -0.1) is 0 Å². The van der Waals surface area contributed by atoms with E-state index in [0.717, 1.165) is 10.5 Å². The molecule has 8 heteroatoms. The highest BCUT2D eigenvalue weighted by molar-refractivity contribution is 9.10. The Kier molecular flexibility index (Phi) is 4.18. The first-order chi connectivity index (χ1) is 9.88. The number of aromatic carboxylic acids is 1. The van der Waals surface area contributed by atoms with Crippen molar-refractivity contribution in [3.05, 3.63) is 62.4 Å². The molecule has 2 aromatic rings. The molecule has 2 N–H and O–H groups in total. The summed E-state index contributed by atoms with van der Waals surface area (Å²) in [6, 6.07) is 7.96. The molecule has 0 fully saturated rings. The number of halogens is 2. The quantitative estimate of drug-likeness (QED) is 0.640. The molecule has 0 heterocycles. The van der Waals surface area contributed by atoms with Crippen molar-refractivity contribution in [2.24, 2.45) is 0 Å². The summed E-state index contributed by atoms with van der Waals surface area (Å²) in [5.74, 6) is -2.45. The number of nitrogens with zero attached hydrogens (tertiary/aromatic N) is 1. The van der Waals surface area contributed by atoms with Gasteiger partial charge in [0.05, 0.1) is 16.6 Å². The summed E-state index contributed by atoms with van der Waals surface area (Å²) >= 11 is 3.24. The van der Waals surface area contributed by atoms with Gasteiger partial charge < -0.3 is 10.4 Å². The van der Waals surface area contributed by atoms with Crippen LogP contribution in [0.15, 0.2) is 40.9 Å². The second-order valence-electron chi connectivity index (χ2n) is 4.04. The number of rotatable bonds is 4. The van der Waals surface area contributed by atoms with Crippen LogP contribution in [0.1, 0.15) is 10.4 Å². The molecule has 0 bridgehead atoms. The van der Waals surface area contributed by atoms with Crippen molar-refractivity contribution in [1.29, 1.82) is 0 Å². The predicted molar refractivity (Wildman–Crippen MR) is 77.4 cm³/mol. The van der Waals surface area contributed by atoms with E-state index >= 15 is 0 Å². The fourth-order valence-electron chi connectivity index (χ4n) is 1.71. The van der Waals surface area contributed by atoms with Crippen molar-refractivity contribution in [2.45, 2.75) is 0 Å². The molecule has 0 spiro atoms. The zero-order valence-electron chi connectivity index (χ0n) is 10.3. The Morgan fingerprint density at radius 3 is 2.43 bits per heavy atom. The van der Waals surface area contributed by atoms with Crippen LogP contribution in [0.25, 0.3) is 0 Å². The molecule has 0 saturated heterocycles. The summed E-state index contributed by atoms with van der Waals surface area (Å²) in [4.78, 5) is 21.3. The smallest absolute Gasteiger partial charge is 0.338 e. The zero-order chi connectivity index (χ0) is 15.6. The van der Waals surface area contributed by atoms with Crippen molar-refractivity contribution in [1.82, 2.24) is 0 Å². The van der Waals surface area contributed by atoms with Crippen LogP contribution in [-0.2, 0) is 0 Å². The van der Waals surface area contributed by atoms with E-state index in [-0.39, 0.29) is 5.69 Å². The van der Waals surface area contributed by atoms with Crippen LogP contribution < -0.4 is 5.32 Å². The van der Waals surface area contributed by atoms with Gasteiger partial charge in [0.1, 0.15) is 11.5 Å². The average Bonchev–Trinajstić information content (AvgIpc) is 2.42. The Hall–Kier alpha value is -2.48. The number of carboxylic acid groups (broad SMARTS) is 1. The highest BCUT2D eigenvalue weighted by atomic mass is 79.9. The molecule has 0 aliphatic rings. The number of hydrogen-bond acceptors (Lipinski definition) is 4. The summed E-state index contributed by atoms with van der Waals surface area (Å²) in [6.07, 6.45) is 0. The number of nitro benzene ring substituents is 1. The lowest BCUT2D eigenvalue weighted by Gasteiger charge is -2.10. The van der Waals surface area contributed by atoms with E-state index < -0.39 is 28.0 Å². The molecule has 0 aliphatic heterocycles. The molecule has 0 unspecified atom stereocenters. The van der Waals surface area contributed by atoms with Crippen molar-refractivity contribution in [3.8, 4) is 0 Å². The normalized spacial score (nSPS) is 10.2. The second-order valence-corrected chi connectivity index (χ2v) is 4.96. The van der Waals surface area contributed by atoms with Crippen LogP contribution in [0.5, 0.6) is 0 Å². The van der Waals surface area contributed by atoms with Crippen LogP contribution >= 0.6 is 15.9 Å². The fraction of sp³-hybridized carbons (Fsp3) is 0. The molecule has 2 rings (SSSR count). The summed E-state index contributed by atoms with van der Waals surface area (Å²) < 4.78 is 14.1. The number of benzene rings is 2. The zero-order valence-corrected chi connectivity index (χ0v) is 11.9. The van der Waals surface area contributed by atoms with E-state index in [1.807, 2.05) is 0 Å². The first-order valence-corrected chi connectivity index (χ1v) is 6.41. The predicted octanol–water partition coefficient (Wildman–Crippen LogP) is 3.94. The SMILES string of the molecule is O=C(O)c1cc(F)cc([N+](=O)[O-])c1Nc1ccc(Br)cc1. The molecular formula is C13H8BrFN2O4. The molecule has 0 saturated carbocycles. The van der Waals surface area contributed by atoms with Gasteiger partial charge in [-0.1, -0.05) is 15.9 Å². The monoisotopic (exact) mass is 354 g/mol. The minimum absolute atomic E-state index is 0.267. The number of carboxylic acids is 1. The van der Waals surface area contributed by atoms with Gasteiger partial charge in [0.15, 0.2) is 0 Å². The largest absolute Gasteiger partial charge is 0.478 e. The topological polar surface area (TPSA) is 92.5 Å². The lowest BCUT2D eigenvalue weighted by Crippen LogP contribution is -2.07. The summed E-state index contributed by atoms with van der Waals surface area (Å²) in [5, 5.41) is 22.7. The second kappa shape index (κ2) is 5.88. The molecule has 0 atom stereocenters. The van der Waals surface area contributed by atoms with Gasteiger partial charge >= 0.3 is 5.97 Å².